The van der Waals surface area contributed by atoms with Crippen LogP contribution in [0.5, 0.6) is 17.2 Å². The van der Waals surface area contributed by atoms with Crippen molar-refractivity contribution in [2.24, 2.45) is 0 Å². The molecule has 3 aromatic carbocycles. The number of nitrogens with zero attached hydrogens (tertiary/aromatic N) is 1. The highest BCUT2D eigenvalue weighted by Gasteiger charge is 2.34. The number of anilines is 1. The van der Waals surface area contributed by atoms with E-state index in [2.05, 4.69) is 5.32 Å². The third-order valence-electron chi connectivity index (χ3n) is 5.91. The van der Waals surface area contributed by atoms with Crippen LogP contribution < -0.4 is 19.5 Å². The molecule has 1 heterocycles. The molecule has 0 fully saturated rings. The summed E-state index contributed by atoms with van der Waals surface area (Å²) < 4.78 is 56.2. The molecule has 190 valence electrons. The number of methoxy groups -OCH3 is 2. The Kier molecular flexibility index (Phi) is 7.49. The van der Waals surface area contributed by atoms with Crippen molar-refractivity contribution in [3.8, 4) is 17.2 Å². The Morgan fingerprint density at radius 3 is 2.47 bits per heavy atom. The van der Waals surface area contributed by atoms with Gasteiger partial charge in [0.2, 0.25) is 0 Å². The Balaban J connectivity index is 1.65. The number of ether oxygens (including phenoxy) is 3. The van der Waals surface area contributed by atoms with Crippen LogP contribution in [0.1, 0.15) is 22.7 Å². The molecule has 0 saturated heterocycles. The van der Waals surface area contributed by atoms with Crippen molar-refractivity contribution in [2.75, 3.05) is 32.7 Å². The molecule has 1 aliphatic rings. The molecule has 1 atom stereocenters. The number of nitrogens with one attached hydrogen (secondary N) is 1. The summed E-state index contributed by atoms with van der Waals surface area (Å²) in [5, 5.41) is 3.30. The van der Waals surface area contributed by atoms with Crippen LogP contribution in [-0.4, -0.2) is 38.3 Å². The highest BCUT2D eigenvalue weighted by molar-refractivity contribution is 6.30. The van der Waals surface area contributed by atoms with Gasteiger partial charge in [-0.15, -0.1) is 0 Å². The van der Waals surface area contributed by atoms with Gasteiger partial charge >= 0.3 is 12.2 Å². The maximum Gasteiger partial charge on any atom is 0.416 e. The van der Waals surface area contributed by atoms with Crippen LogP contribution in [0.2, 0.25) is 5.02 Å². The second kappa shape index (κ2) is 10.6. The van der Waals surface area contributed by atoms with E-state index >= 15 is 0 Å². The molecule has 0 aliphatic carbocycles. The Bertz CT molecular complexity index is 1250. The number of benzene rings is 3. The molecule has 6 nitrogen and oxygen atoms in total. The van der Waals surface area contributed by atoms with Gasteiger partial charge in [0.1, 0.15) is 12.4 Å². The van der Waals surface area contributed by atoms with Crippen molar-refractivity contribution in [1.82, 2.24) is 4.90 Å². The lowest BCUT2D eigenvalue weighted by atomic mass is 9.92. The van der Waals surface area contributed by atoms with E-state index in [1.165, 1.54) is 26.4 Å². The minimum Gasteiger partial charge on any atom is -0.493 e. The summed E-state index contributed by atoms with van der Waals surface area (Å²) in [7, 11) is 3.04. The van der Waals surface area contributed by atoms with Gasteiger partial charge in [-0.2, -0.15) is 13.2 Å². The third-order valence-corrected chi connectivity index (χ3v) is 6.14. The summed E-state index contributed by atoms with van der Waals surface area (Å²) in [5.41, 5.74) is 1.39. The Morgan fingerprint density at radius 2 is 1.78 bits per heavy atom. The van der Waals surface area contributed by atoms with E-state index < -0.39 is 23.8 Å². The molecule has 10 heteroatoms. The van der Waals surface area contributed by atoms with E-state index in [1.807, 2.05) is 6.07 Å². The minimum atomic E-state index is -4.50. The lowest BCUT2D eigenvalue weighted by Crippen LogP contribution is -2.44. The van der Waals surface area contributed by atoms with Crippen LogP contribution in [0.3, 0.4) is 0 Å². The molecular weight excluding hydrogens is 497 g/mol. The van der Waals surface area contributed by atoms with Crippen LogP contribution in [0.15, 0.2) is 60.7 Å². The maximum absolute atomic E-state index is 13.3. The number of carbonyl (C=O) groups is 1. The first-order valence-corrected chi connectivity index (χ1v) is 11.5. The highest BCUT2D eigenvalue weighted by Crippen LogP contribution is 2.39. The van der Waals surface area contributed by atoms with Crippen LogP contribution in [0.25, 0.3) is 0 Å². The van der Waals surface area contributed by atoms with Crippen LogP contribution in [0.4, 0.5) is 23.7 Å². The summed E-state index contributed by atoms with van der Waals surface area (Å²) in [5.74, 6) is 1.07. The van der Waals surface area contributed by atoms with Gasteiger partial charge in [-0.1, -0.05) is 23.7 Å². The second-order valence-electron chi connectivity index (χ2n) is 8.14. The van der Waals surface area contributed by atoms with Crippen LogP contribution >= 0.6 is 11.6 Å². The summed E-state index contributed by atoms with van der Waals surface area (Å²) in [6.45, 7) is 0.276. The molecule has 36 heavy (non-hydrogen) atoms. The number of amides is 2. The molecule has 0 aromatic heterocycles. The zero-order valence-electron chi connectivity index (χ0n) is 19.6. The first kappa shape index (κ1) is 25.5. The van der Waals surface area contributed by atoms with Crippen molar-refractivity contribution in [3.63, 3.8) is 0 Å². The molecule has 0 spiro atoms. The summed E-state index contributed by atoms with van der Waals surface area (Å²) >= 11 is 6.04. The van der Waals surface area contributed by atoms with Crippen molar-refractivity contribution < 1.29 is 32.2 Å². The molecule has 1 aliphatic heterocycles. The van der Waals surface area contributed by atoms with E-state index in [1.54, 1.807) is 35.2 Å². The first-order valence-electron chi connectivity index (χ1n) is 11.1. The highest BCUT2D eigenvalue weighted by atomic mass is 35.5. The average molecular weight is 521 g/mol. The fraction of sp³-hybridized carbons (Fsp3) is 0.269. The largest absolute Gasteiger partial charge is 0.493 e. The number of hydrogen-bond donors (Lipinski definition) is 1. The molecule has 2 amide bonds. The lowest BCUT2D eigenvalue weighted by molar-refractivity contribution is -0.137. The number of fused-ring (bicyclic) bond motifs is 1. The monoisotopic (exact) mass is 520 g/mol. The van der Waals surface area contributed by atoms with E-state index in [9.17, 15) is 18.0 Å². The molecule has 1 N–H and O–H groups in total. The molecule has 0 saturated carbocycles. The first-order chi connectivity index (χ1) is 17.2. The average Bonchev–Trinajstić information content (AvgIpc) is 2.85. The van der Waals surface area contributed by atoms with Crippen molar-refractivity contribution in [2.45, 2.75) is 18.6 Å². The van der Waals surface area contributed by atoms with E-state index in [0.717, 1.165) is 23.3 Å². The quantitative estimate of drug-likeness (QED) is 0.398. The Hall–Kier alpha value is -3.59. The zero-order chi connectivity index (χ0) is 25.9. The molecule has 4 rings (SSSR count). The summed E-state index contributed by atoms with van der Waals surface area (Å²) in [4.78, 5) is 14.9. The fourth-order valence-corrected chi connectivity index (χ4v) is 4.34. The van der Waals surface area contributed by atoms with Crippen molar-refractivity contribution in [1.29, 1.82) is 0 Å². The SMILES string of the molecule is COc1cc2c(cc1OC)C(COc1cccc(C(F)(F)F)c1)N(C(=O)Nc1cccc(Cl)c1)CC2. The predicted molar refractivity (Wildman–Crippen MR) is 130 cm³/mol. The Labute approximate surface area is 211 Å². The zero-order valence-corrected chi connectivity index (χ0v) is 20.3. The van der Waals surface area contributed by atoms with Gasteiger partial charge in [-0.05, 0) is 66.1 Å². The number of halogens is 4. The number of hydrogen-bond acceptors (Lipinski definition) is 4. The molecule has 3 aromatic rings. The topological polar surface area (TPSA) is 60.0 Å². The maximum atomic E-state index is 13.3. The van der Waals surface area contributed by atoms with Gasteiger partial charge in [0.25, 0.3) is 0 Å². The number of alkyl halides is 3. The Morgan fingerprint density at radius 1 is 1.06 bits per heavy atom. The van der Waals surface area contributed by atoms with Gasteiger partial charge in [0, 0.05) is 17.3 Å². The standard InChI is InChI=1S/C26H24ClF3N2O4/c1-34-23-11-16-9-10-32(25(33)31-19-7-4-6-18(27)13-19)22(21(16)14-24(23)35-2)15-36-20-8-3-5-17(12-20)26(28,29)30/h3-8,11-14,22H,9-10,15H2,1-2H3,(H,31,33). The number of carbonyl (C=O) groups excluding carboxylic acids is 1. The van der Waals surface area contributed by atoms with Crippen molar-refractivity contribution in [3.05, 3.63) is 82.4 Å². The van der Waals surface area contributed by atoms with Gasteiger partial charge < -0.3 is 24.4 Å². The molecule has 1 unspecified atom stereocenters. The normalized spacial score (nSPS) is 15.2. The minimum absolute atomic E-state index is 0.0487. The lowest BCUT2D eigenvalue weighted by Gasteiger charge is -2.37. The van der Waals surface area contributed by atoms with Crippen molar-refractivity contribution >= 4 is 23.3 Å². The molecular formula is C26H24ClF3N2O4. The van der Waals surface area contributed by atoms with Gasteiger partial charge in [-0.3, -0.25) is 0 Å². The van der Waals surface area contributed by atoms with E-state index in [0.29, 0.717) is 35.2 Å². The van der Waals surface area contributed by atoms with Gasteiger partial charge in [-0.25, -0.2) is 4.79 Å². The van der Waals surface area contributed by atoms with E-state index in [-0.39, 0.29) is 12.4 Å². The fourth-order valence-electron chi connectivity index (χ4n) is 4.15. The van der Waals surface area contributed by atoms with Gasteiger partial charge in [0.15, 0.2) is 11.5 Å². The van der Waals surface area contributed by atoms with Crippen LogP contribution in [-0.2, 0) is 12.6 Å². The van der Waals surface area contributed by atoms with Crippen LogP contribution in [0, 0.1) is 0 Å². The molecule has 0 bridgehead atoms. The number of urea groups is 1. The van der Waals surface area contributed by atoms with Gasteiger partial charge in [0.05, 0.1) is 25.8 Å². The third kappa shape index (κ3) is 5.62. The second-order valence-corrected chi connectivity index (χ2v) is 8.58. The smallest absolute Gasteiger partial charge is 0.416 e. The van der Waals surface area contributed by atoms with E-state index in [4.69, 9.17) is 25.8 Å². The molecule has 0 radical (unpaired) electrons. The summed E-state index contributed by atoms with van der Waals surface area (Å²) in [6, 6.07) is 14.0. The summed E-state index contributed by atoms with van der Waals surface area (Å²) in [6.07, 6.45) is -3.96. The predicted octanol–water partition coefficient (Wildman–Crippen LogP) is 6.59. The number of rotatable bonds is 6.